The Labute approximate surface area is 123 Å². The Morgan fingerprint density at radius 3 is 2.70 bits per heavy atom. The van der Waals surface area contributed by atoms with Crippen molar-refractivity contribution < 1.29 is 9.90 Å². The molecule has 0 spiro atoms. The topological polar surface area (TPSA) is 55.1 Å². The third-order valence-corrected chi connectivity index (χ3v) is 3.38. The highest BCUT2D eigenvalue weighted by Gasteiger charge is 2.22. The van der Waals surface area contributed by atoms with Gasteiger partial charge in [0.15, 0.2) is 0 Å². The zero-order chi connectivity index (χ0) is 14.7. The fourth-order valence-corrected chi connectivity index (χ4v) is 2.49. The van der Waals surface area contributed by atoms with E-state index in [1.54, 1.807) is 16.8 Å². The van der Waals surface area contributed by atoms with Crippen LogP contribution >= 0.6 is 11.6 Å². The average Bonchev–Trinajstić information content (AvgIpc) is 2.77. The molecule has 0 aliphatic heterocycles. The van der Waals surface area contributed by atoms with Crippen LogP contribution in [0.4, 0.5) is 0 Å². The number of aromatic nitrogens is 2. The highest BCUT2D eigenvalue weighted by atomic mass is 35.5. The fourth-order valence-electron chi connectivity index (χ4n) is 2.31. The van der Waals surface area contributed by atoms with Gasteiger partial charge in [-0.3, -0.25) is 0 Å². The molecule has 2 rings (SSSR count). The zero-order valence-corrected chi connectivity index (χ0v) is 12.3. The molecule has 0 aliphatic rings. The first-order chi connectivity index (χ1) is 9.58. The first-order valence-corrected chi connectivity index (χ1v) is 7.06. The van der Waals surface area contributed by atoms with Gasteiger partial charge in [-0.05, 0) is 31.0 Å². The molecule has 0 unspecified atom stereocenters. The Morgan fingerprint density at radius 1 is 1.40 bits per heavy atom. The number of aryl methyl sites for hydroxylation is 1. The summed E-state index contributed by atoms with van der Waals surface area (Å²) in [4.78, 5) is 11.5. The summed E-state index contributed by atoms with van der Waals surface area (Å²) in [6.07, 6.45) is 2.11. The van der Waals surface area contributed by atoms with Crippen LogP contribution in [-0.2, 0) is 12.8 Å². The van der Waals surface area contributed by atoms with Crippen molar-refractivity contribution in [3.8, 4) is 5.69 Å². The number of carboxylic acid groups (broad SMARTS) is 1. The van der Waals surface area contributed by atoms with Crippen LogP contribution < -0.4 is 0 Å². The number of carboxylic acids is 1. The van der Waals surface area contributed by atoms with E-state index in [2.05, 4.69) is 5.10 Å². The molecular weight excluding hydrogens is 276 g/mol. The quantitative estimate of drug-likeness (QED) is 0.913. The number of halogens is 1. The molecule has 0 saturated carbocycles. The van der Waals surface area contributed by atoms with Crippen LogP contribution in [0.25, 0.3) is 5.69 Å². The lowest BCUT2D eigenvalue weighted by Crippen LogP contribution is -2.06. The van der Waals surface area contributed by atoms with Crippen LogP contribution in [0, 0.1) is 0 Å². The van der Waals surface area contributed by atoms with Gasteiger partial charge in [0.25, 0.3) is 0 Å². The van der Waals surface area contributed by atoms with E-state index in [1.807, 2.05) is 26.0 Å². The number of nitrogens with zero attached hydrogens (tertiary/aromatic N) is 2. The highest BCUT2D eigenvalue weighted by Crippen LogP contribution is 2.22. The second kappa shape index (κ2) is 6.09. The van der Waals surface area contributed by atoms with Gasteiger partial charge < -0.3 is 5.11 Å². The van der Waals surface area contributed by atoms with E-state index < -0.39 is 5.97 Å². The number of hydrogen-bond donors (Lipinski definition) is 1. The smallest absolute Gasteiger partial charge is 0.339 e. The van der Waals surface area contributed by atoms with Crippen molar-refractivity contribution >= 4 is 17.6 Å². The zero-order valence-electron chi connectivity index (χ0n) is 11.6. The van der Waals surface area contributed by atoms with Crippen molar-refractivity contribution in [2.24, 2.45) is 0 Å². The predicted octanol–water partition coefficient (Wildman–Crippen LogP) is 3.74. The molecule has 0 radical (unpaired) electrons. The van der Waals surface area contributed by atoms with Gasteiger partial charge in [0.1, 0.15) is 5.56 Å². The van der Waals surface area contributed by atoms with Gasteiger partial charge >= 0.3 is 5.97 Å². The molecule has 1 aromatic carbocycles. The minimum absolute atomic E-state index is 0.328. The highest BCUT2D eigenvalue weighted by molar-refractivity contribution is 6.30. The fraction of sp³-hybridized carbons (Fsp3) is 0.333. The molecular formula is C15H17ClN2O2. The first-order valence-electron chi connectivity index (χ1n) is 6.68. The summed E-state index contributed by atoms with van der Waals surface area (Å²) >= 11 is 6.00. The summed E-state index contributed by atoms with van der Waals surface area (Å²) in [6.45, 7) is 3.94. The number of rotatable bonds is 5. The predicted molar refractivity (Wildman–Crippen MR) is 78.9 cm³/mol. The summed E-state index contributed by atoms with van der Waals surface area (Å²) in [6, 6.07) is 7.28. The standard InChI is InChI=1S/C15H17ClN2O2/c1-3-6-12-14(15(19)20)13(4-2)18(17-12)11-8-5-7-10(16)9-11/h5,7-9H,3-4,6H2,1-2H3,(H,19,20). The molecule has 0 amide bonds. The Balaban J connectivity index is 2.64. The Kier molecular flexibility index (Phi) is 4.45. The summed E-state index contributed by atoms with van der Waals surface area (Å²) < 4.78 is 1.69. The number of carbonyl (C=O) groups is 1. The Bertz CT molecular complexity index is 635. The van der Waals surface area contributed by atoms with Crippen LogP contribution in [0.3, 0.4) is 0 Å². The summed E-state index contributed by atoms with van der Waals surface area (Å²) in [5.41, 5.74) is 2.47. The van der Waals surface area contributed by atoms with Gasteiger partial charge in [-0.25, -0.2) is 9.48 Å². The molecule has 0 fully saturated rings. The van der Waals surface area contributed by atoms with Crippen molar-refractivity contribution in [2.75, 3.05) is 0 Å². The normalized spacial score (nSPS) is 10.8. The van der Waals surface area contributed by atoms with E-state index in [0.717, 1.165) is 12.1 Å². The molecule has 0 saturated heterocycles. The van der Waals surface area contributed by atoms with E-state index in [1.165, 1.54) is 0 Å². The third kappa shape index (κ3) is 2.70. The van der Waals surface area contributed by atoms with Crippen LogP contribution in [0.15, 0.2) is 24.3 Å². The number of benzene rings is 1. The van der Waals surface area contributed by atoms with Crippen molar-refractivity contribution in [1.29, 1.82) is 0 Å². The lowest BCUT2D eigenvalue weighted by molar-refractivity contribution is 0.0694. The van der Waals surface area contributed by atoms with Crippen molar-refractivity contribution in [2.45, 2.75) is 33.1 Å². The lowest BCUT2D eigenvalue weighted by Gasteiger charge is -2.06. The molecule has 0 atom stereocenters. The summed E-state index contributed by atoms with van der Waals surface area (Å²) in [7, 11) is 0. The SMILES string of the molecule is CCCc1nn(-c2cccc(Cl)c2)c(CC)c1C(=O)O. The van der Waals surface area contributed by atoms with Gasteiger partial charge in [0, 0.05) is 5.02 Å². The molecule has 1 heterocycles. The van der Waals surface area contributed by atoms with Gasteiger partial charge in [-0.1, -0.05) is 37.9 Å². The molecule has 1 N–H and O–H groups in total. The van der Waals surface area contributed by atoms with E-state index >= 15 is 0 Å². The second-order valence-electron chi connectivity index (χ2n) is 4.57. The maximum absolute atomic E-state index is 11.5. The molecule has 106 valence electrons. The minimum atomic E-state index is -0.918. The molecule has 0 aliphatic carbocycles. The molecule has 20 heavy (non-hydrogen) atoms. The van der Waals surface area contributed by atoms with Gasteiger partial charge in [-0.2, -0.15) is 5.10 Å². The van der Waals surface area contributed by atoms with E-state index in [9.17, 15) is 9.90 Å². The van der Waals surface area contributed by atoms with Crippen molar-refractivity contribution in [1.82, 2.24) is 9.78 Å². The largest absolute Gasteiger partial charge is 0.478 e. The Hall–Kier alpha value is -1.81. The van der Waals surface area contributed by atoms with Crippen LogP contribution in [0.1, 0.15) is 42.0 Å². The minimum Gasteiger partial charge on any atom is -0.478 e. The molecule has 0 bridgehead atoms. The molecule has 2 aromatic rings. The van der Waals surface area contributed by atoms with E-state index in [4.69, 9.17) is 11.6 Å². The van der Waals surface area contributed by atoms with Crippen molar-refractivity contribution in [3.63, 3.8) is 0 Å². The van der Waals surface area contributed by atoms with Gasteiger partial charge in [0.2, 0.25) is 0 Å². The van der Waals surface area contributed by atoms with Gasteiger partial charge in [-0.15, -0.1) is 0 Å². The van der Waals surface area contributed by atoms with E-state index in [0.29, 0.717) is 34.8 Å². The average molecular weight is 293 g/mol. The van der Waals surface area contributed by atoms with Crippen LogP contribution in [0.5, 0.6) is 0 Å². The first kappa shape index (κ1) is 14.6. The summed E-state index contributed by atoms with van der Waals surface area (Å²) in [5.74, 6) is -0.918. The molecule has 5 heteroatoms. The van der Waals surface area contributed by atoms with E-state index in [-0.39, 0.29) is 0 Å². The van der Waals surface area contributed by atoms with Gasteiger partial charge in [0.05, 0.1) is 17.1 Å². The van der Waals surface area contributed by atoms with Crippen LogP contribution in [-0.4, -0.2) is 20.9 Å². The Morgan fingerprint density at radius 2 is 2.15 bits per heavy atom. The maximum atomic E-state index is 11.5. The number of aromatic carboxylic acids is 1. The summed E-state index contributed by atoms with van der Waals surface area (Å²) in [5, 5.41) is 14.5. The monoisotopic (exact) mass is 292 g/mol. The third-order valence-electron chi connectivity index (χ3n) is 3.14. The van der Waals surface area contributed by atoms with Crippen molar-refractivity contribution in [3.05, 3.63) is 46.2 Å². The number of hydrogen-bond acceptors (Lipinski definition) is 2. The lowest BCUT2D eigenvalue weighted by atomic mass is 10.1. The maximum Gasteiger partial charge on any atom is 0.339 e. The molecule has 1 aromatic heterocycles. The molecule has 4 nitrogen and oxygen atoms in total. The second-order valence-corrected chi connectivity index (χ2v) is 5.01. The van der Waals surface area contributed by atoms with Crippen LogP contribution in [0.2, 0.25) is 5.02 Å².